The number of rotatable bonds is 3. The van der Waals surface area contributed by atoms with Gasteiger partial charge in [0.1, 0.15) is 5.82 Å². The van der Waals surface area contributed by atoms with Crippen molar-refractivity contribution in [1.29, 1.82) is 0 Å². The summed E-state index contributed by atoms with van der Waals surface area (Å²) < 4.78 is 20.6. The number of hydrogen-bond donors (Lipinski definition) is 1. The molecule has 0 aliphatic carbocycles. The molecule has 0 atom stereocenters. The van der Waals surface area contributed by atoms with Crippen LogP contribution < -0.4 is 5.73 Å². The molecular weight excluding hydrogens is 269 g/mol. The van der Waals surface area contributed by atoms with Crippen molar-refractivity contribution in [1.82, 2.24) is 9.55 Å². The van der Waals surface area contributed by atoms with Crippen LogP contribution in [-0.4, -0.2) is 16.7 Å². The third kappa shape index (κ3) is 2.36. The maximum absolute atomic E-state index is 13.6. The van der Waals surface area contributed by atoms with Gasteiger partial charge in [0, 0.05) is 18.9 Å². The number of nitrogens with two attached hydrogens (primary N) is 1. The predicted octanol–water partition coefficient (Wildman–Crippen LogP) is 3.20. The maximum atomic E-state index is 13.6. The van der Waals surface area contributed by atoms with Crippen LogP contribution >= 0.6 is 0 Å². The number of aromatic nitrogens is 2. The van der Waals surface area contributed by atoms with Crippen LogP contribution in [0.5, 0.6) is 0 Å². The van der Waals surface area contributed by atoms with Gasteiger partial charge in [-0.3, -0.25) is 4.57 Å². The second kappa shape index (κ2) is 5.18. The molecule has 3 aromatic rings. The van der Waals surface area contributed by atoms with E-state index < -0.39 is 0 Å². The first-order chi connectivity index (χ1) is 10.1. The number of benzene rings is 2. The van der Waals surface area contributed by atoms with Crippen LogP contribution in [0, 0.1) is 12.7 Å². The van der Waals surface area contributed by atoms with Gasteiger partial charge in [-0.25, -0.2) is 9.37 Å². The number of fused-ring (bicyclic) bond motifs is 1. The van der Waals surface area contributed by atoms with Crippen LogP contribution in [0.15, 0.2) is 36.4 Å². The lowest BCUT2D eigenvalue weighted by Crippen LogP contribution is -2.01. The molecule has 0 unspecified atom stereocenters. The number of methoxy groups -OCH3 is 1. The Balaban J connectivity index is 2.22. The molecule has 2 aromatic carbocycles. The highest BCUT2D eigenvalue weighted by atomic mass is 19.1. The highest BCUT2D eigenvalue weighted by Crippen LogP contribution is 2.26. The molecular formula is C16H16FN3O. The smallest absolute Gasteiger partial charge is 0.205 e. The first kappa shape index (κ1) is 13.6. The minimum Gasteiger partial charge on any atom is -0.380 e. The number of imidazole rings is 1. The minimum absolute atomic E-state index is 0.278. The van der Waals surface area contributed by atoms with Crippen molar-refractivity contribution in [3.63, 3.8) is 0 Å². The molecule has 3 rings (SSSR count). The quantitative estimate of drug-likeness (QED) is 0.804. The molecule has 0 amide bonds. The van der Waals surface area contributed by atoms with E-state index in [1.165, 1.54) is 6.07 Å². The highest BCUT2D eigenvalue weighted by Gasteiger charge is 2.12. The summed E-state index contributed by atoms with van der Waals surface area (Å²) in [7, 11) is 1.65. The monoisotopic (exact) mass is 285 g/mol. The predicted molar refractivity (Wildman–Crippen MR) is 80.9 cm³/mol. The Morgan fingerprint density at radius 3 is 2.86 bits per heavy atom. The second-order valence-electron chi connectivity index (χ2n) is 5.00. The molecule has 0 saturated heterocycles. The van der Waals surface area contributed by atoms with Gasteiger partial charge in [0.05, 0.1) is 17.6 Å². The number of halogens is 1. The molecule has 108 valence electrons. The Kier molecular flexibility index (Phi) is 3.35. The van der Waals surface area contributed by atoms with Crippen LogP contribution in [0.1, 0.15) is 11.1 Å². The fourth-order valence-corrected chi connectivity index (χ4v) is 2.44. The van der Waals surface area contributed by atoms with Gasteiger partial charge < -0.3 is 10.5 Å². The van der Waals surface area contributed by atoms with Crippen molar-refractivity contribution >= 4 is 17.0 Å². The molecule has 0 fully saturated rings. The molecule has 0 aliphatic rings. The van der Waals surface area contributed by atoms with Gasteiger partial charge in [-0.1, -0.05) is 12.1 Å². The largest absolute Gasteiger partial charge is 0.380 e. The Labute approximate surface area is 122 Å². The van der Waals surface area contributed by atoms with Gasteiger partial charge in [-0.05, 0) is 36.2 Å². The van der Waals surface area contributed by atoms with E-state index in [1.807, 2.05) is 28.8 Å². The average Bonchev–Trinajstić information content (AvgIpc) is 2.75. The Morgan fingerprint density at radius 2 is 2.10 bits per heavy atom. The fraction of sp³-hybridized carbons (Fsp3) is 0.188. The maximum Gasteiger partial charge on any atom is 0.205 e. The zero-order chi connectivity index (χ0) is 15.0. The summed E-state index contributed by atoms with van der Waals surface area (Å²) in [5.41, 5.74) is 9.84. The van der Waals surface area contributed by atoms with Crippen molar-refractivity contribution in [2.45, 2.75) is 13.5 Å². The molecule has 5 heteroatoms. The van der Waals surface area contributed by atoms with E-state index in [4.69, 9.17) is 10.5 Å². The van der Waals surface area contributed by atoms with Gasteiger partial charge in [-0.15, -0.1) is 0 Å². The molecule has 2 N–H and O–H groups in total. The lowest BCUT2D eigenvalue weighted by Gasteiger charge is -2.09. The van der Waals surface area contributed by atoms with Gasteiger partial charge in [0.25, 0.3) is 0 Å². The van der Waals surface area contributed by atoms with Crippen molar-refractivity contribution in [3.05, 3.63) is 53.3 Å². The number of aryl methyl sites for hydroxylation is 1. The fourth-order valence-electron chi connectivity index (χ4n) is 2.44. The molecule has 0 bridgehead atoms. The first-order valence-corrected chi connectivity index (χ1v) is 6.62. The van der Waals surface area contributed by atoms with Crippen LogP contribution in [0.25, 0.3) is 16.7 Å². The summed E-state index contributed by atoms with van der Waals surface area (Å²) in [6.07, 6.45) is 0. The van der Waals surface area contributed by atoms with E-state index in [1.54, 1.807) is 20.1 Å². The van der Waals surface area contributed by atoms with E-state index in [2.05, 4.69) is 4.98 Å². The number of nitrogens with zero attached hydrogens (tertiary/aromatic N) is 2. The van der Waals surface area contributed by atoms with E-state index in [0.29, 0.717) is 23.6 Å². The molecule has 0 saturated carbocycles. The summed E-state index contributed by atoms with van der Waals surface area (Å²) in [6.45, 7) is 2.25. The molecule has 4 nitrogen and oxygen atoms in total. The molecule has 0 radical (unpaired) electrons. The van der Waals surface area contributed by atoms with E-state index >= 15 is 0 Å². The Morgan fingerprint density at radius 1 is 1.29 bits per heavy atom. The molecule has 1 aromatic heterocycles. The van der Waals surface area contributed by atoms with Gasteiger partial charge in [0.2, 0.25) is 5.95 Å². The molecule has 0 spiro atoms. The topological polar surface area (TPSA) is 53.1 Å². The zero-order valence-electron chi connectivity index (χ0n) is 11.9. The third-order valence-corrected chi connectivity index (χ3v) is 3.44. The summed E-state index contributed by atoms with van der Waals surface area (Å²) >= 11 is 0. The molecule has 21 heavy (non-hydrogen) atoms. The lowest BCUT2D eigenvalue weighted by atomic mass is 10.2. The highest BCUT2D eigenvalue weighted by molar-refractivity contribution is 5.81. The van der Waals surface area contributed by atoms with E-state index in [0.717, 1.165) is 16.8 Å². The van der Waals surface area contributed by atoms with Gasteiger partial charge in [-0.2, -0.15) is 0 Å². The number of nitrogen functional groups attached to an aromatic ring is 1. The Bertz CT molecular complexity index is 811. The van der Waals surface area contributed by atoms with Crippen molar-refractivity contribution in [2.24, 2.45) is 0 Å². The van der Waals surface area contributed by atoms with Gasteiger partial charge >= 0.3 is 0 Å². The lowest BCUT2D eigenvalue weighted by molar-refractivity contribution is 0.185. The first-order valence-electron chi connectivity index (χ1n) is 6.62. The standard InChI is InChI=1S/C16H16FN3O/c1-10-6-15-14(8-13(10)17)19-16(18)20(15)12-5-3-4-11(7-12)9-21-2/h3-8H,9H2,1-2H3,(H2,18,19). The Hall–Kier alpha value is -2.40. The van der Waals surface area contributed by atoms with Crippen LogP contribution in [0.4, 0.5) is 10.3 Å². The van der Waals surface area contributed by atoms with Crippen LogP contribution in [-0.2, 0) is 11.3 Å². The minimum atomic E-state index is -0.278. The summed E-state index contributed by atoms with van der Waals surface area (Å²) in [5.74, 6) is 0.0600. The normalized spacial score (nSPS) is 11.2. The van der Waals surface area contributed by atoms with Crippen LogP contribution in [0.3, 0.4) is 0 Å². The van der Waals surface area contributed by atoms with Crippen molar-refractivity contribution < 1.29 is 9.13 Å². The third-order valence-electron chi connectivity index (χ3n) is 3.44. The SMILES string of the molecule is COCc1cccc(-n2c(N)nc3cc(F)c(C)cc32)c1. The van der Waals surface area contributed by atoms with Gasteiger partial charge in [0.15, 0.2) is 0 Å². The number of ether oxygens (including phenoxy) is 1. The zero-order valence-corrected chi connectivity index (χ0v) is 11.9. The van der Waals surface area contributed by atoms with Crippen LogP contribution in [0.2, 0.25) is 0 Å². The van der Waals surface area contributed by atoms with E-state index in [9.17, 15) is 4.39 Å². The average molecular weight is 285 g/mol. The molecule has 0 aliphatic heterocycles. The van der Waals surface area contributed by atoms with Crippen molar-refractivity contribution in [3.8, 4) is 5.69 Å². The molecule has 1 heterocycles. The second-order valence-corrected chi connectivity index (χ2v) is 5.00. The van der Waals surface area contributed by atoms with E-state index in [-0.39, 0.29) is 5.82 Å². The van der Waals surface area contributed by atoms with Crippen molar-refractivity contribution in [2.75, 3.05) is 12.8 Å². The summed E-state index contributed by atoms with van der Waals surface area (Å²) in [4.78, 5) is 4.24. The number of anilines is 1. The number of hydrogen-bond acceptors (Lipinski definition) is 3. The summed E-state index contributed by atoms with van der Waals surface area (Å²) in [5, 5.41) is 0. The summed E-state index contributed by atoms with van der Waals surface area (Å²) in [6, 6.07) is 11.0.